The molecule has 0 aliphatic rings. The maximum atomic E-state index is 9.69. The van der Waals surface area contributed by atoms with Gasteiger partial charge in [0, 0.05) is 6.54 Å². The fourth-order valence-corrected chi connectivity index (χ4v) is 1.64. The van der Waals surface area contributed by atoms with Gasteiger partial charge in [-0.3, -0.25) is 0 Å². The first-order valence-corrected chi connectivity index (χ1v) is 5.79. The number of aryl methyl sites for hydroxylation is 1. The Labute approximate surface area is 97.9 Å². The molecule has 1 aromatic rings. The van der Waals surface area contributed by atoms with Crippen LogP contribution in [0.3, 0.4) is 0 Å². The van der Waals surface area contributed by atoms with E-state index in [1.54, 1.807) is 6.07 Å². The third-order valence-corrected chi connectivity index (χ3v) is 2.64. The van der Waals surface area contributed by atoms with Gasteiger partial charge >= 0.3 is 0 Å². The fourth-order valence-electron chi connectivity index (χ4n) is 1.64. The van der Waals surface area contributed by atoms with E-state index in [9.17, 15) is 5.11 Å². The summed E-state index contributed by atoms with van der Waals surface area (Å²) in [5, 5.41) is 9.69. The second-order valence-electron chi connectivity index (χ2n) is 4.41. The quantitative estimate of drug-likeness (QED) is 0.764. The van der Waals surface area contributed by atoms with E-state index in [0.29, 0.717) is 12.3 Å². The van der Waals surface area contributed by atoms with E-state index in [1.807, 2.05) is 6.07 Å². The summed E-state index contributed by atoms with van der Waals surface area (Å²) in [6, 6.07) is 5.87. The molecule has 0 atom stereocenters. The van der Waals surface area contributed by atoms with E-state index in [1.165, 1.54) is 5.56 Å². The molecule has 0 aliphatic carbocycles. The molecule has 3 N–H and O–H groups in total. The average molecular weight is 222 g/mol. The van der Waals surface area contributed by atoms with Crippen molar-refractivity contribution >= 4 is 0 Å². The van der Waals surface area contributed by atoms with Crippen LogP contribution in [0.2, 0.25) is 0 Å². The third-order valence-electron chi connectivity index (χ3n) is 2.64. The first-order valence-electron chi connectivity index (χ1n) is 5.79. The molecule has 0 amide bonds. The number of phenolic OH excluding ortho intramolecular Hbond substituents is 1. The Balaban J connectivity index is 2.65. The maximum absolute atomic E-state index is 9.69. The highest BCUT2D eigenvalue weighted by atomic mass is 16.3. The van der Waals surface area contributed by atoms with E-state index in [-0.39, 0.29) is 0 Å². The van der Waals surface area contributed by atoms with Crippen molar-refractivity contribution in [2.75, 3.05) is 27.2 Å². The van der Waals surface area contributed by atoms with Gasteiger partial charge in [-0.25, -0.2) is 0 Å². The summed E-state index contributed by atoms with van der Waals surface area (Å²) in [4.78, 5) is 2.16. The van der Waals surface area contributed by atoms with E-state index < -0.39 is 0 Å². The number of rotatable bonds is 6. The van der Waals surface area contributed by atoms with E-state index in [4.69, 9.17) is 5.73 Å². The summed E-state index contributed by atoms with van der Waals surface area (Å²) in [5.74, 6) is 0.391. The molecule has 16 heavy (non-hydrogen) atoms. The molecule has 3 nitrogen and oxygen atoms in total. The minimum absolute atomic E-state index is 0.391. The van der Waals surface area contributed by atoms with Crippen molar-refractivity contribution in [3.05, 3.63) is 29.3 Å². The van der Waals surface area contributed by atoms with Crippen LogP contribution >= 0.6 is 0 Å². The number of nitrogens with two attached hydrogens (primary N) is 1. The molecule has 0 spiro atoms. The lowest BCUT2D eigenvalue weighted by Crippen LogP contribution is -2.15. The number of nitrogens with zero attached hydrogens (tertiary/aromatic N) is 1. The molecule has 0 bridgehead atoms. The Morgan fingerprint density at radius 2 is 2.00 bits per heavy atom. The van der Waals surface area contributed by atoms with Gasteiger partial charge in [0.25, 0.3) is 0 Å². The van der Waals surface area contributed by atoms with Crippen LogP contribution in [0.15, 0.2) is 18.2 Å². The van der Waals surface area contributed by atoms with Crippen molar-refractivity contribution in [2.45, 2.75) is 19.3 Å². The highest BCUT2D eigenvalue weighted by Gasteiger charge is 2.03. The summed E-state index contributed by atoms with van der Waals surface area (Å²) in [5.41, 5.74) is 7.77. The minimum Gasteiger partial charge on any atom is -0.508 e. The Kier molecular flexibility index (Phi) is 5.29. The van der Waals surface area contributed by atoms with Gasteiger partial charge in [0.05, 0.1) is 0 Å². The molecule has 1 aromatic carbocycles. The number of aromatic hydroxyl groups is 1. The van der Waals surface area contributed by atoms with Crippen molar-refractivity contribution in [1.29, 1.82) is 0 Å². The van der Waals surface area contributed by atoms with Gasteiger partial charge in [0.15, 0.2) is 0 Å². The molecule has 0 saturated heterocycles. The summed E-state index contributed by atoms with van der Waals surface area (Å²) < 4.78 is 0. The van der Waals surface area contributed by atoms with Crippen LogP contribution in [0.1, 0.15) is 17.5 Å². The van der Waals surface area contributed by atoms with Gasteiger partial charge < -0.3 is 15.7 Å². The maximum Gasteiger partial charge on any atom is 0.118 e. The summed E-state index contributed by atoms with van der Waals surface area (Å²) in [7, 11) is 4.13. The van der Waals surface area contributed by atoms with Crippen LogP contribution in [0.25, 0.3) is 0 Å². The number of hydrogen-bond donors (Lipinski definition) is 2. The predicted octanol–water partition coefficient (Wildman–Crippen LogP) is 1.39. The van der Waals surface area contributed by atoms with E-state index in [2.05, 4.69) is 25.1 Å². The number of phenols is 1. The molecule has 0 saturated carbocycles. The molecule has 90 valence electrons. The SMILES string of the molecule is CN(C)CCc1ccc(O)c(CCCN)c1. The first kappa shape index (κ1) is 13.0. The lowest BCUT2D eigenvalue weighted by atomic mass is 10.0. The summed E-state index contributed by atoms with van der Waals surface area (Å²) >= 11 is 0. The Morgan fingerprint density at radius 1 is 1.25 bits per heavy atom. The number of hydrogen-bond acceptors (Lipinski definition) is 3. The normalized spacial score (nSPS) is 11.0. The van der Waals surface area contributed by atoms with Crippen LogP contribution in [0.5, 0.6) is 5.75 Å². The monoisotopic (exact) mass is 222 g/mol. The Bertz CT molecular complexity index is 324. The molecular weight excluding hydrogens is 200 g/mol. The van der Waals surface area contributed by atoms with Gasteiger partial charge in [0.2, 0.25) is 0 Å². The lowest BCUT2D eigenvalue weighted by molar-refractivity contribution is 0.413. The molecule has 0 radical (unpaired) electrons. The molecule has 0 unspecified atom stereocenters. The van der Waals surface area contributed by atoms with Crippen LogP contribution in [0, 0.1) is 0 Å². The van der Waals surface area contributed by atoms with Crippen LogP contribution in [-0.4, -0.2) is 37.2 Å². The van der Waals surface area contributed by atoms with E-state index in [0.717, 1.165) is 31.4 Å². The highest BCUT2D eigenvalue weighted by Crippen LogP contribution is 2.20. The van der Waals surface area contributed by atoms with Gasteiger partial charge in [-0.15, -0.1) is 0 Å². The van der Waals surface area contributed by atoms with Crippen molar-refractivity contribution in [3.8, 4) is 5.75 Å². The average Bonchev–Trinajstić information content (AvgIpc) is 2.26. The zero-order valence-electron chi connectivity index (χ0n) is 10.2. The Hall–Kier alpha value is -1.06. The predicted molar refractivity (Wildman–Crippen MR) is 67.7 cm³/mol. The molecule has 0 fully saturated rings. The lowest BCUT2D eigenvalue weighted by Gasteiger charge is -2.11. The molecule has 1 rings (SSSR count). The highest BCUT2D eigenvalue weighted by molar-refractivity contribution is 5.36. The van der Waals surface area contributed by atoms with Crippen molar-refractivity contribution in [2.24, 2.45) is 5.73 Å². The van der Waals surface area contributed by atoms with Crippen molar-refractivity contribution < 1.29 is 5.11 Å². The van der Waals surface area contributed by atoms with Gasteiger partial charge in [-0.1, -0.05) is 12.1 Å². The van der Waals surface area contributed by atoms with Crippen LogP contribution in [-0.2, 0) is 12.8 Å². The molecule has 0 heterocycles. The second-order valence-corrected chi connectivity index (χ2v) is 4.41. The third kappa shape index (κ3) is 4.21. The topological polar surface area (TPSA) is 49.5 Å². The zero-order valence-corrected chi connectivity index (χ0v) is 10.2. The fraction of sp³-hybridized carbons (Fsp3) is 0.538. The second kappa shape index (κ2) is 6.51. The molecule has 0 aliphatic heterocycles. The van der Waals surface area contributed by atoms with E-state index >= 15 is 0 Å². The van der Waals surface area contributed by atoms with Crippen molar-refractivity contribution in [3.63, 3.8) is 0 Å². The van der Waals surface area contributed by atoms with Gasteiger partial charge in [0.1, 0.15) is 5.75 Å². The van der Waals surface area contributed by atoms with Gasteiger partial charge in [-0.05, 0) is 57.1 Å². The molecular formula is C13H22N2O. The number of likely N-dealkylation sites (N-methyl/N-ethyl adjacent to an activating group) is 1. The van der Waals surface area contributed by atoms with Crippen LogP contribution < -0.4 is 5.73 Å². The smallest absolute Gasteiger partial charge is 0.118 e. The largest absolute Gasteiger partial charge is 0.508 e. The van der Waals surface area contributed by atoms with Crippen molar-refractivity contribution in [1.82, 2.24) is 4.90 Å². The molecule has 0 aromatic heterocycles. The standard InChI is InChI=1S/C13H22N2O/c1-15(2)9-7-11-5-6-13(16)12(10-11)4-3-8-14/h5-6,10,16H,3-4,7-9,14H2,1-2H3. The molecule has 3 heteroatoms. The Morgan fingerprint density at radius 3 is 2.62 bits per heavy atom. The zero-order chi connectivity index (χ0) is 12.0. The van der Waals surface area contributed by atoms with Crippen LogP contribution in [0.4, 0.5) is 0 Å². The minimum atomic E-state index is 0.391. The number of benzene rings is 1. The summed E-state index contributed by atoms with van der Waals surface area (Å²) in [6.07, 6.45) is 2.80. The van der Waals surface area contributed by atoms with Gasteiger partial charge in [-0.2, -0.15) is 0 Å². The summed E-state index contributed by atoms with van der Waals surface area (Å²) in [6.45, 7) is 1.70. The first-order chi connectivity index (χ1) is 7.63.